The molecule has 0 radical (unpaired) electrons. The third-order valence-corrected chi connectivity index (χ3v) is 5.31. The van der Waals surface area contributed by atoms with Gasteiger partial charge in [0.05, 0.1) is 14.2 Å². The Labute approximate surface area is 176 Å². The monoisotopic (exact) mass is 414 g/mol. The van der Waals surface area contributed by atoms with E-state index in [4.69, 9.17) is 9.47 Å². The van der Waals surface area contributed by atoms with Crippen molar-refractivity contribution in [3.8, 4) is 11.5 Å². The van der Waals surface area contributed by atoms with Crippen molar-refractivity contribution in [1.82, 2.24) is 10.2 Å². The molecule has 0 aliphatic carbocycles. The highest BCUT2D eigenvalue weighted by Crippen LogP contribution is 2.28. The number of carbonyl (C=O) groups is 2. The lowest BCUT2D eigenvalue weighted by molar-refractivity contribution is -0.122. The quantitative estimate of drug-likeness (QED) is 0.756. The Morgan fingerprint density at radius 1 is 1.07 bits per heavy atom. The molecule has 1 heterocycles. The Bertz CT molecular complexity index is 895. The van der Waals surface area contributed by atoms with Gasteiger partial charge in [0.15, 0.2) is 11.5 Å². The van der Waals surface area contributed by atoms with Gasteiger partial charge >= 0.3 is 0 Å². The predicted octanol–water partition coefficient (Wildman–Crippen LogP) is 3.20. The second-order valence-electron chi connectivity index (χ2n) is 7.33. The second-order valence-corrected chi connectivity index (χ2v) is 7.33. The van der Waals surface area contributed by atoms with Crippen LogP contribution in [0.3, 0.4) is 0 Å². The molecule has 2 amide bonds. The van der Waals surface area contributed by atoms with Crippen LogP contribution in [0.25, 0.3) is 0 Å². The second kappa shape index (κ2) is 10.1. The summed E-state index contributed by atoms with van der Waals surface area (Å²) in [6.45, 7) is 1.08. The van der Waals surface area contributed by atoms with Crippen LogP contribution in [-0.2, 0) is 11.2 Å². The van der Waals surface area contributed by atoms with Crippen molar-refractivity contribution in [2.24, 2.45) is 0 Å². The molecule has 160 valence electrons. The fourth-order valence-electron chi connectivity index (χ4n) is 3.62. The third kappa shape index (κ3) is 5.49. The molecule has 0 unspecified atom stereocenters. The number of piperidine rings is 1. The molecule has 3 rings (SSSR count). The number of hydrogen-bond donors (Lipinski definition) is 1. The Morgan fingerprint density at radius 2 is 1.80 bits per heavy atom. The molecule has 1 saturated heterocycles. The van der Waals surface area contributed by atoms with E-state index in [1.54, 1.807) is 25.2 Å². The van der Waals surface area contributed by atoms with Crippen molar-refractivity contribution in [1.29, 1.82) is 0 Å². The summed E-state index contributed by atoms with van der Waals surface area (Å²) in [6, 6.07) is 11.4. The molecule has 1 fully saturated rings. The number of nitrogens with zero attached hydrogens (tertiary/aromatic N) is 1. The standard InChI is InChI=1S/C23H27FN2O4/c1-29-20-8-6-16(14-21(20)30-2)7-9-22(27)25-19-10-12-26(13-11-19)23(28)17-4-3-5-18(24)15-17/h3-6,8,14-15,19H,7,9-13H2,1-2H3,(H,25,27). The largest absolute Gasteiger partial charge is 0.493 e. The molecule has 0 bridgehead atoms. The molecule has 0 atom stereocenters. The molecular weight excluding hydrogens is 387 g/mol. The normalized spacial score (nSPS) is 14.3. The summed E-state index contributed by atoms with van der Waals surface area (Å²) in [6.07, 6.45) is 2.34. The SMILES string of the molecule is COc1ccc(CCC(=O)NC2CCN(C(=O)c3cccc(F)c3)CC2)cc1OC. The van der Waals surface area contributed by atoms with Crippen LogP contribution in [0.4, 0.5) is 4.39 Å². The van der Waals surface area contributed by atoms with Crippen LogP contribution in [-0.4, -0.2) is 50.1 Å². The lowest BCUT2D eigenvalue weighted by Crippen LogP contribution is -2.46. The van der Waals surface area contributed by atoms with E-state index < -0.39 is 5.82 Å². The van der Waals surface area contributed by atoms with E-state index >= 15 is 0 Å². The number of ether oxygens (including phenoxy) is 2. The number of amides is 2. The van der Waals surface area contributed by atoms with E-state index in [2.05, 4.69) is 5.32 Å². The first kappa shape index (κ1) is 21.6. The van der Waals surface area contributed by atoms with Gasteiger partial charge < -0.3 is 19.7 Å². The summed E-state index contributed by atoms with van der Waals surface area (Å²) in [7, 11) is 3.17. The molecule has 0 aromatic heterocycles. The molecule has 7 heteroatoms. The van der Waals surface area contributed by atoms with Gasteiger partial charge in [-0.05, 0) is 55.2 Å². The van der Waals surface area contributed by atoms with Crippen molar-refractivity contribution >= 4 is 11.8 Å². The number of benzene rings is 2. The van der Waals surface area contributed by atoms with Crippen molar-refractivity contribution in [3.63, 3.8) is 0 Å². The van der Waals surface area contributed by atoms with Crippen molar-refractivity contribution < 1.29 is 23.5 Å². The number of rotatable bonds is 7. The minimum atomic E-state index is -0.419. The Kier molecular flexibility index (Phi) is 7.27. The molecule has 6 nitrogen and oxygen atoms in total. The number of hydrogen-bond acceptors (Lipinski definition) is 4. The summed E-state index contributed by atoms with van der Waals surface area (Å²) >= 11 is 0. The van der Waals surface area contributed by atoms with Gasteiger partial charge in [0, 0.05) is 31.1 Å². The van der Waals surface area contributed by atoms with Crippen molar-refractivity contribution in [3.05, 3.63) is 59.4 Å². The Morgan fingerprint density at radius 3 is 2.47 bits per heavy atom. The minimum Gasteiger partial charge on any atom is -0.493 e. The smallest absolute Gasteiger partial charge is 0.253 e. The van der Waals surface area contributed by atoms with Crippen LogP contribution in [0.1, 0.15) is 35.2 Å². The molecule has 0 spiro atoms. The van der Waals surface area contributed by atoms with E-state index in [9.17, 15) is 14.0 Å². The maximum Gasteiger partial charge on any atom is 0.253 e. The van der Waals surface area contributed by atoms with Gasteiger partial charge in [0.1, 0.15) is 5.82 Å². The van der Waals surface area contributed by atoms with E-state index in [1.807, 2.05) is 18.2 Å². The number of aryl methyl sites for hydroxylation is 1. The van der Waals surface area contributed by atoms with E-state index in [0.29, 0.717) is 55.8 Å². The minimum absolute atomic E-state index is 0.0142. The zero-order valence-corrected chi connectivity index (χ0v) is 17.3. The van der Waals surface area contributed by atoms with Crippen molar-refractivity contribution in [2.45, 2.75) is 31.7 Å². The number of halogens is 1. The maximum atomic E-state index is 13.3. The molecule has 0 saturated carbocycles. The fourth-order valence-corrected chi connectivity index (χ4v) is 3.62. The van der Waals surface area contributed by atoms with Crippen LogP contribution < -0.4 is 14.8 Å². The van der Waals surface area contributed by atoms with Crippen LogP contribution in [0, 0.1) is 5.82 Å². The van der Waals surface area contributed by atoms with Gasteiger partial charge in [-0.25, -0.2) is 4.39 Å². The molecule has 2 aromatic rings. The van der Waals surface area contributed by atoms with E-state index in [-0.39, 0.29) is 17.9 Å². The first-order valence-electron chi connectivity index (χ1n) is 10.0. The summed E-state index contributed by atoms with van der Waals surface area (Å²) in [5.74, 6) is 0.695. The molecular formula is C23H27FN2O4. The van der Waals surface area contributed by atoms with Crippen LogP contribution in [0.15, 0.2) is 42.5 Å². The molecule has 1 aliphatic heterocycles. The van der Waals surface area contributed by atoms with Gasteiger partial charge in [0.2, 0.25) is 5.91 Å². The Balaban J connectivity index is 1.44. The molecule has 2 aromatic carbocycles. The van der Waals surface area contributed by atoms with Gasteiger partial charge in [-0.15, -0.1) is 0 Å². The van der Waals surface area contributed by atoms with Crippen LogP contribution in [0.2, 0.25) is 0 Å². The highest BCUT2D eigenvalue weighted by Gasteiger charge is 2.24. The summed E-state index contributed by atoms with van der Waals surface area (Å²) in [5.41, 5.74) is 1.35. The number of carbonyl (C=O) groups excluding carboxylic acids is 2. The average molecular weight is 414 g/mol. The number of likely N-dealkylation sites (tertiary alicyclic amines) is 1. The van der Waals surface area contributed by atoms with Crippen LogP contribution >= 0.6 is 0 Å². The lowest BCUT2D eigenvalue weighted by atomic mass is 10.0. The fraction of sp³-hybridized carbons (Fsp3) is 0.391. The van der Waals surface area contributed by atoms with Crippen LogP contribution in [0.5, 0.6) is 11.5 Å². The first-order valence-corrected chi connectivity index (χ1v) is 10.0. The number of methoxy groups -OCH3 is 2. The van der Waals surface area contributed by atoms with Gasteiger partial charge in [-0.1, -0.05) is 12.1 Å². The van der Waals surface area contributed by atoms with Gasteiger partial charge in [-0.3, -0.25) is 9.59 Å². The topological polar surface area (TPSA) is 67.9 Å². The number of nitrogens with one attached hydrogen (secondary N) is 1. The highest BCUT2D eigenvalue weighted by molar-refractivity contribution is 5.94. The van der Waals surface area contributed by atoms with Crippen molar-refractivity contribution in [2.75, 3.05) is 27.3 Å². The zero-order valence-electron chi connectivity index (χ0n) is 17.3. The third-order valence-electron chi connectivity index (χ3n) is 5.31. The molecule has 1 aliphatic rings. The average Bonchev–Trinajstić information content (AvgIpc) is 2.77. The molecule has 1 N–H and O–H groups in total. The van der Waals surface area contributed by atoms with E-state index in [0.717, 1.165) is 5.56 Å². The first-order chi connectivity index (χ1) is 14.5. The van der Waals surface area contributed by atoms with Gasteiger partial charge in [-0.2, -0.15) is 0 Å². The summed E-state index contributed by atoms with van der Waals surface area (Å²) in [4.78, 5) is 26.5. The molecule has 30 heavy (non-hydrogen) atoms. The zero-order chi connectivity index (χ0) is 21.5. The summed E-state index contributed by atoms with van der Waals surface area (Å²) < 4.78 is 23.9. The predicted molar refractivity (Wildman–Crippen MR) is 111 cm³/mol. The summed E-state index contributed by atoms with van der Waals surface area (Å²) in [5, 5.41) is 3.06. The highest BCUT2D eigenvalue weighted by atomic mass is 19.1. The van der Waals surface area contributed by atoms with Gasteiger partial charge in [0.25, 0.3) is 5.91 Å². The Hall–Kier alpha value is -3.09. The van der Waals surface area contributed by atoms with E-state index in [1.165, 1.54) is 18.2 Å². The lowest BCUT2D eigenvalue weighted by Gasteiger charge is -2.32. The maximum absolute atomic E-state index is 13.3.